The number of nitrogen functional groups attached to an aromatic ring is 1. The van der Waals surface area contributed by atoms with Gasteiger partial charge in [0.15, 0.2) is 0 Å². The van der Waals surface area contributed by atoms with E-state index in [-0.39, 0.29) is 16.6 Å². The van der Waals surface area contributed by atoms with E-state index in [0.717, 1.165) is 44.1 Å². The smallest absolute Gasteiger partial charge is 0.245 e. The number of carbonyl (C=O) groups excluding carboxylic acids is 1. The van der Waals surface area contributed by atoms with Crippen molar-refractivity contribution in [2.75, 3.05) is 32.0 Å². The number of amides is 1. The number of nitrogens with one attached hydrogen (secondary N) is 2. The van der Waals surface area contributed by atoms with Crippen LogP contribution in [0.1, 0.15) is 30.4 Å². The Bertz CT molecular complexity index is 741. The summed E-state index contributed by atoms with van der Waals surface area (Å²) in [6, 6.07) is 3.53. The first-order valence-electron chi connectivity index (χ1n) is 8.58. The Morgan fingerprint density at radius 3 is 2.58 bits per heavy atom. The number of sulfonamides is 1. The van der Waals surface area contributed by atoms with Gasteiger partial charge in [-0.25, -0.2) is 8.42 Å². The maximum atomic E-state index is 12.2. The SMILES string of the molecule is Cc1cc(C=N)c(N)c(S(=O)(=O)N2CCC2)c1.O=CNC1CCCOC1. The number of benzene rings is 1. The monoisotopic (exact) mass is 382 g/mol. The molecule has 0 radical (unpaired) electrons. The summed E-state index contributed by atoms with van der Waals surface area (Å²) >= 11 is 0. The van der Waals surface area contributed by atoms with Crippen molar-refractivity contribution >= 4 is 28.3 Å². The lowest BCUT2D eigenvalue weighted by atomic mass is 10.1. The third kappa shape index (κ3) is 4.80. The molecule has 2 saturated heterocycles. The van der Waals surface area contributed by atoms with Crippen LogP contribution in [0.4, 0.5) is 5.69 Å². The van der Waals surface area contributed by atoms with Crippen molar-refractivity contribution in [3.8, 4) is 0 Å². The molecule has 0 spiro atoms. The molecule has 2 heterocycles. The summed E-state index contributed by atoms with van der Waals surface area (Å²) in [6.45, 7) is 4.42. The lowest BCUT2D eigenvalue weighted by Gasteiger charge is -2.30. The molecule has 0 aromatic heterocycles. The van der Waals surface area contributed by atoms with E-state index >= 15 is 0 Å². The van der Waals surface area contributed by atoms with Crippen LogP contribution in [0.25, 0.3) is 0 Å². The Kier molecular flexibility index (Phi) is 7.13. The van der Waals surface area contributed by atoms with Crippen LogP contribution < -0.4 is 11.1 Å². The quantitative estimate of drug-likeness (QED) is 0.396. The first kappa shape index (κ1) is 20.3. The van der Waals surface area contributed by atoms with Crippen molar-refractivity contribution in [3.05, 3.63) is 23.3 Å². The molecule has 1 aromatic carbocycles. The molecule has 9 heteroatoms. The molecular weight excluding hydrogens is 356 g/mol. The van der Waals surface area contributed by atoms with Gasteiger partial charge >= 0.3 is 0 Å². The third-order valence-corrected chi connectivity index (χ3v) is 6.31. The van der Waals surface area contributed by atoms with E-state index in [2.05, 4.69) is 5.32 Å². The number of hydrogen-bond donors (Lipinski definition) is 3. The van der Waals surface area contributed by atoms with Gasteiger partial charge in [-0.05, 0) is 43.9 Å². The molecule has 3 rings (SSSR count). The van der Waals surface area contributed by atoms with E-state index in [4.69, 9.17) is 15.9 Å². The van der Waals surface area contributed by atoms with E-state index in [1.165, 1.54) is 4.31 Å². The lowest BCUT2D eigenvalue weighted by Crippen LogP contribution is -2.42. The van der Waals surface area contributed by atoms with Gasteiger partial charge in [-0.15, -0.1) is 0 Å². The molecule has 2 aliphatic heterocycles. The minimum absolute atomic E-state index is 0.121. The maximum absolute atomic E-state index is 12.2. The van der Waals surface area contributed by atoms with Crippen molar-refractivity contribution < 1.29 is 17.9 Å². The van der Waals surface area contributed by atoms with Crippen LogP contribution in [0.2, 0.25) is 0 Å². The lowest BCUT2D eigenvalue weighted by molar-refractivity contribution is -0.111. The Morgan fingerprint density at radius 2 is 2.08 bits per heavy atom. The normalized spacial score (nSPS) is 20.3. The second-order valence-electron chi connectivity index (χ2n) is 6.37. The Balaban J connectivity index is 0.000000228. The average molecular weight is 382 g/mol. The van der Waals surface area contributed by atoms with Crippen LogP contribution in [0, 0.1) is 12.3 Å². The summed E-state index contributed by atoms with van der Waals surface area (Å²) in [5, 5.41) is 9.91. The molecule has 4 N–H and O–H groups in total. The summed E-state index contributed by atoms with van der Waals surface area (Å²) in [5.74, 6) is 0. The van der Waals surface area contributed by atoms with Crippen LogP contribution in [0.15, 0.2) is 17.0 Å². The number of ether oxygens (including phenoxy) is 1. The van der Waals surface area contributed by atoms with Crippen molar-refractivity contribution in [2.45, 2.75) is 37.1 Å². The van der Waals surface area contributed by atoms with Gasteiger partial charge in [-0.2, -0.15) is 4.31 Å². The number of carbonyl (C=O) groups is 1. The summed E-state index contributed by atoms with van der Waals surface area (Å²) in [7, 11) is -3.48. The molecule has 0 bridgehead atoms. The number of anilines is 1. The highest BCUT2D eigenvalue weighted by atomic mass is 32.2. The number of nitrogens with two attached hydrogens (primary N) is 1. The number of nitrogens with zero attached hydrogens (tertiary/aromatic N) is 1. The fraction of sp³-hybridized carbons (Fsp3) is 0.529. The Morgan fingerprint density at radius 1 is 1.35 bits per heavy atom. The van der Waals surface area contributed by atoms with Crippen molar-refractivity contribution in [3.63, 3.8) is 0 Å². The van der Waals surface area contributed by atoms with Crippen molar-refractivity contribution in [1.82, 2.24) is 9.62 Å². The molecule has 1 aromatic rings. The second-order valence-corrected chi connectivity index (χ2v) is 8.27. The van der Waals surface area contributed by atoms with Crippen LogP contribution >= 0.6 is 0 Å². The fourth-order valence-electron chi connectivity index (χ4n) is 2.76. The standard InChI is InChI=1S/C11H15N3O2S.C6H11NO2/c1-8-5-9(7-12)11(13)10(6-8)17(15,16)14-3-2-4-14;8-5-7-6-2-1-3-9-4-6/h5-7,12H,2-4,13H2,1H3;5-6H,1-4H2,(H,7,8). The zero-order valence-electron chi connectivity index (χ0n) is 14.9. The average Bonchev–Trinajstić information content (AvgIpc) is 2.56. The summed E-state index contributed by atoms with van der Waals surface area (Å²) < 4.78 is 31.0. The number of rotatable bonds is 5. The molecule has 0 aliphatic carbocycles. The summed E-state index contributed by atoms with van der Waals surface area (Å²) in [6.07, 6.45) is 4.82. The highest BCUT2D eigenvalue weighted by molar-refractivity contribution is 7.89. The van der Waals surface area contributed by atoms with E-state index in [1.807, 2.05) is 0 Å². The number of hydrogen-bond acceptors (Lipinski definition) is 6. The van der Waals surface area contributed by atoms with Crippen molar-refractivity contribution in [2.24, 2.45) is 0 Å². The molecule has 1 unspecified atom stereocenters. The maximum Gasteiger partial charge on any atom is 0.245 e. The van der Waals surface area contributed by atoms with Gasteiger partial charge < -0.3 is 21.2 Å². The minimum atomic E-state index is -3.48. The first-order chi connectivity index (χ1) is 12.4. The number of aryl methyl sites for hydroxylation is 1. The van der Waals surface area contributed by atoms with Crippen LogP contribution in [-0.4, -0.2) is 57.7 Å². The van der Waals surface area contributed by atoms with E-state index in [1.54, 1.807) is 19.1 Å². The summed E-state index contributed by atoms with van der Waals surface area (Å²) in [5.41, 5.74) is 7.21. The molecular formula is C17H26N4O4S. The van der Waals surface area contributed by atoms with Gasteiger partial charge in [0, 0.05) is 31.5 Å². The van der Waals surface area contributed by atoms with Crippen LogP contribution in [-0.2, 0) is 19.6 Å². The molecule has 2 fully saturated rings. The van der Waals surface area contributed by atoms with Crippen LogP contribution in [0.5, 0.6) is 0 Å². The zero-order chi connectivity index (χ0) is 19.2. The zero-order valence-corrected chi connectivity index (χ0v) is 15.7. The Labute approximate surface area is 154 Å². The van der Waals surface area contributed by atoms with Gasteiger partial charge in [0.05, 0.1) is 18.3 Å². The largest absolute Gasteiger partial charge is 0.397 e. The third-order valence-electron chi connectivity index (χ3n) is 4.37. The van der Waals surface area contributed by atoms with E-state index in [9.17, 15) is 13.2 Å². The summed E-state index contributed by atoms with van der Waals surface area (Å²) in [4.78, 5) is 10.0. The van der Waals surface area contributed by atoms with Crippen LogP contribution in [0.3, 0.4) is 0 Å². The minimum Gasteiger partial charge on any atom is -0.397 e. The highest BCUT2D eigenvalue weighted by Gasteiger charge is 2.31. The molecule has 1 amide bonds. The topological polar surface area (TPSA) is 126 Å². The first-order valence-corrected chi connectivity index (χ1v) is 10.0. The van der Waals surface area contributed by atoms with Gasteiger partial charge in [-0.3, -0.25) is 4.79 Å². The fourth-order valence-corrected chi connectivity index (χ4v) is 4.51. The molecule has 2 aliphatic rings. The van der Waals surface area contributed by atoms with E-state index < -0.39 is 10.0 Å². The van der Waals surface area contributed by atoms with Gasteiger partial charge in [0.25, 0.3) is 0 Å². The molecule has 0 saturated carbocycles. The molecule has 1 atom stereocenters. The van der Waals surface area contributed by atoms with Gasteiger partial charge in [0.1, 0.15) is 4.90 Å². The van der Waals surface area contributed by atoms with E-state index in [0.29, 0.717) is 25.3 Å². The Hall–Kier alpha value is -1.97. The van der Waals surface area contributed by atoms with Gasteiger partial charge in [-0.1, -0.05) is 0 Å². The molecule has 144 valence electrons. The van der Waals surface area contributed by atoms with Crippen molar-refractivity contribution in [1.29, 1.82) is 5.41 Å². The molecule has 26 heavy (non-hydrogen) atoms. The predicted octanol–water partition coefficient (Wildman–Crippen LogP) is 0.881. The second kappa shape index (κ2) is 9.11. The highest BCUT2D eigenvalue weighted by Crippen LogP contribution is 2.28. The van der Waals surface area contributed by atoms with Gasteiger partial charge in [0.2, 0.25) is 16.4 Å². The molecule has 8 nitrogen and oxygen atoms in total. The predicted molar refractivity (Wildman–Crippen MR) is 99.9 cm³/mol.